The maximum Gasteiger partial charge on any atom is 0.408 e. The molecule has 3 heterocycles. The van der Waals surface area contributed by atoms with Crippen molar-refractivity contribution in [3.8, 4) is 11.3 Å². The number of hydrogen-bond donors (Lipinski definition) is 2. The van der Waals surface area contributed by atoms with Gasteiger partial charge < -0.3 is 19.9 Å². The number of H-pyrrole nitrogens is 1. The number of likely N-dealkylation sites (tertiary alicyclic amines) is 1. The van der Waals surface area contributed by atoms with Crippen molar-refractivity contribution in [2.45, 2.75) is 90.6 Å². The minimum Gasteiger partial charge on any atom is -0.444 e. The van der Waals surface area contributed by atoms with Crippen molar-refractivity contribution in [1.29, 1.82) is 0 Å². The first-order valence-corrected chi connectivity index (χ1v) is 14.4. The molecule has 208 valence electrons. The second kappa shape index (κ2) is 10.7. The molecule has 3 aromatic rings. The normalized spacial score (nSPS) is 16.6. The summed E-state index contributed by atoms with van der Waals surface area (Å²) in [5.41, 5.74) is 8.02. The molecule has 2 fully saturated rings. The van der Waals surface area contributed by atoms with Crippen LogP contribution >= 0.6 is 0 Å². The van der Waals surface area contributed by atoms with E-state index in [0.29, 0.717) is 30.8 Å². The van der Waals surface area contributed by atoms with Gasteiger partial charge in [-0.1, -0.05) is 19.9 Å². The highest BCUT2D eigenvalue weighted by Crippen LogP contribution is 2.42. The highest BCUT2D eigenvalue weighted by atomic mass is 16.6. The molecule has 2 amide bonds. The van der Waals surface area contributed by atoms with Gasteiger partial charge in [-0.3, -0.25) is 9.78 Å². The monoisotopic (exact) mass is 530 g/mol. The van der Waals surface area contributed by atoms with Gasteiger partial charge in [0.05, 0.1) is 5.69 Å². The molecule has 2 aliphatic rings. The van der Waals surface area contributed by atoms with Gasteiger partial charge in [0.25, 0.3) is 0 Å². The Morgan fingerprint density at radius 3 is 2.44 bits per heavy atom. The number of rotatable bonds is 6. The molecule has 7 nitrogen and oxygen atoms in total. The fraction of sp³-hybridized carbons (Fsp3) is 0.531. The quantitative estimate of drug-likeness (QED) is 0.368. The van der Waals surface area contributed by atoms with Crippen LogP contribution in [-0.2, 0) is 9.53 Å². The van der Waals surface area contributed by atoms with Gasteiger partial charge in [0.1, 0.15) is 12.1 Å². The van der Waals surface area contributed by atoms with Crippen molar-refractivity contribution < 1.29 is 14.3 Å². The summed E-state index contributed by atoms with van der Waals surface area (Å²) in [4.78, 5) is 35.0. The molecule has 2 N–H and O–H groups in total. The third kappa shape index (κ3) is 6.29. The molecule has 0 spiro atoms. The van der Waals surface area contributed by atoms with E-state index in [2.05, 4.69) is 61.4 Å². The molecule has 5 rings (SSSR count). The average Bonchev–Trinajstić information content (AvgIpc) is 3.65. The van der Waals surface area contributed by atoms with Crippen LogP contribution in [0.1, 0.15) is 101 Å². The first-order valence-electron chi connectivity index (χ1n) is 14.4. The number of pyridine rings is 1. The lowest BCUT2D eigenvalue weighted by atomic mass is 9.87. The Bertz CT molecular complexity index is 1370. The Kier molecular flexibility index (Phi) is 7.45. The molecule has 0 radical (unpaired) electrons. The number of aromatic amines is 1. The van der Waals surface area contributed by atoms with Gasteiger partial charge >= 0.3 is 6.09 Å². The first-order chi connectivity index (χ1) is 18.5. The van der Waals surface area contributed by atoms with Crippen LogP contribution in [0.15, 0.2) is 30.3 Å². The summed E-state index contributed by atoms with van der Waals surface area (Å²) in [6, 6.07) is 11.3. The summed E-state index contributed by atoms with van der Waals surface area (Å²) in [6.45, 7) is 13.4. The van der Waals surface area contributed by atoms with E-state index in [1.54, 1.807) is 20.8 Å². The summed E-state index contributed by atoms with van der Waals surface area (Å²) in [7, 11) is 0. The molecular weight excluding hydrogens is 488 g/mol. The minimum absolute atomic E-state index is 0.0354. The van der Waals surface area contributed by atoms with Crippen molar-refractivity contribution >= 4 is 22.9 Å². The van der Waals surface area contributed by atoms with Crippen LogP contribution in [0, 0.1) is 6.92 Å². The average molecular weight is 531 g/mol. The number of aryl methyl sites for hydroxylation is 1. The van der Waals surface area contributed by atoms with Crippen LogP contribution in [-0.4, -0.2) is 52.1 Å². The zero-order valence-electron chi connectivity index (χ0n) is 24.2. The van der Waals surface area contributed by atoms with Gasteiger partial charge in [0.15, 0.2) is 0 Å². The van der Waals surface area contributed by atoms with E-state index in [9.17, 15) is 9.59 Å². The fourth-order valence-corrected chi connectivity index (χ4v) is 5.77. The van der Waals surface area contributed by atoms with E-state index in [1.807, 2.05) is 4.90 Å². The molecule has 1 aliphatic carbocycles. The van der Waals surface area contributed by atoms with Crippen molar-refractivity contribution in [2.75, 3.05) is 19.6 Å². The zero-order valence-corrected chi connectivity index (χ0v) is 24.2. The highest BCUT2D eigenvalue weighted by Gasteiger charge is 2.28. The minimum atomic E-state index is -0.584. The predicted molar refractivity (Wildman–Crippen MR) is 155 cm³/mol. The molecule has 39 heavy (non-hydrogen) atoms. The van der Waals surface area contributed by atoms with E-state index >= 15 is 0 Å². The number of ether oxygens (including phenoxy) is 1. The number of carbonyl (C=O) groups is 2. The van der Waals surface area contributed by atoms with Gasteiger partial charge in [0.2, 0.25) is 5.91 Å². The lowest BCUT2D eigenvalue weighted by Crippen LogP contribution is -2.44. The predicted octanol–water partition coefficient (Wildman–Crippen LogP) is 6.77. The standard InChI is InChI=1S/C32H42N4O3/c1-19(2)29-25-16-23(21-11-13-36(14-12-21)28(37)18-33-31(38)39-32(4,5)6)9-10-26(25)35-30(29)24-15-20(3)34-27(17-24)22-7-8-22/h9-10,15-17,19,21-22,35H,7-8,11-14,18H2,1-6H3,(H,33,38). The van der Waals surface area contributed by atoms with Crippen LogP contribution in [0.4, 0.5) is 4.79 Å². The topological polar surface area (TPSA) is 87.3 Å². The highest BCUT2D eigenvalue weighted by molar-refractivity contribution is 5.92. The summed E-state index contributed by atoms with van der Waals surface area (Å²) in [5.74, 6) is 1.33. The number of nitrogens with one attached hydrogen (secondary N) is 2. The summed E-state index contributed by atoms with van der Waals surface area (Å²) < 4.78 is 5.24. The van der Waals surface area contributed by atoms with Crippen molar-refractivity contribution in [3.05, 3.63) is 52.8 Å². The smallest absolute Gasteiger partial charge is 0.408 e. The Hall–Kier alpha value is -3.35. The summed E-state index contributed by atoms with van der Waals surface area (Å²) >= 11 is 0. The van der Waals surface area contributed by atoms with E-state index in [1.165, 1.54) is 51.8 Å². The SMILES string of the molecule is Cc1cc(-c2[nH]c3ccc(C4CCN(C(=O)CNC(=O)OC(C)(C)C)CC4)cc3c2C(C)C)cc(C2CC2)n1. The van der Waals surface area contributed by atoms with Crippen LogP contribution < -0.4 is 5.32 Å². The number of benzene rings is 1. The summed E-state index contributed by atoms with van der Waals surface area (Å²) in [6.07, 6.45) is 3.75. The van der Waals surface area contributed by atoms with E-state index in [4.69, 9.17) is 9.72 Å². The lowest BCUT2D eigenvalue weighted by molar-refractivity contribution is -0.131. The molecule has 2 aromatic heterocycles. The van der Waals surface area contributed by atoms with E-state index in [-0.39, 0.29) is 12.5 Å². The molecular formula is C32H42N4O3. The number of amides is 2. The second-order valence-corrected chi connectivity index (χ2v) is 12.6. The number of nitrogens with zero attached hydrogens (tertiary/aromatic N) is 2. The molecule has 7 heteroatoms. The Balaban J connectivity index is 1.30. The van der Waals surface area contributed by atoms with Gasteiger partial charge in [-0.25, -0.2) is 4.79 Å². The van der Waals surface area contributed by atoms with Crippen molar-refractivity contribution in [1.82, 2.24) is 20.2 Å². The Labute approximate surface area is 231 Å². The fourth-order valence-electron chi connectivity index (χ4n) is 5.77. The van der Waals surface area contributed by atoms with Gasteiger partial charge in [-0.2, -0.15) is 0 Å². The van der Waals surface area contributed by atoms with Gasteiger partial charge in [-0.15, -0.1) is 0 Å². The van der Waals surface area contributed by atoms with E-state index in [0.717, 1.165) is 18.5 Å². The number of carbonyl (C=O) groups excluding carboxylic acids is 2. The maximum atomic E-state index is 12.7. The zero-order chi connectivity index (χ0) is 27.9. The molecule has 1 saturated heterocycles. The van der Waals surface area contributed by atoms with Crippen LogP contribution in [0.3, 0.4) is 0 Å². The third-order valence-corrected chi connectivity index (χ3v) is 7.80. The molecule has 1 aromatic carbocycles. The summed E-state index contributed by atoms with van der Waals surface area (Å²) in [5, 5.41) is 3.88. The van der Waals surface area contributed by atoms with Gasteiger partial charge in [0, 0.05) is 46.9 Å². The largest absolute Gasteiger partial charge is 0.444 e. The molecule has 0 unspecified atom stereocenters. The Morgan fingerprint density at radius 2 is 1.79 bits per heavy atom. The Morgan fingerprint density at radius 1 is 1.08 bits per heavy atom. The number of piperidine rings is 1. The second-order valence-electron chi connectivity index (χ2n) is 12.6. The maximum absolute atomic E-state index is 12.7. The molecule has 0 atom stereocenters. The number of alkyl carbamates (subject to hydrolysis) is 1. The van der Waals surface area contributed by atoms with Crippen LogP contribution in [0.2, 0.25) is 0 Å². The first kappa shape index (κ1) is 27.2. The van der Waals surface area contributed by atoms with Crippen LogP contribution in [0.5, 0.6) is 0 Å². The number of fused-ring (bicyclic) bond motifs is 1. The van der Waals surface area contributed by atoms with Crippen molar-refractivity contribution in [2.24, 2.45) is 0 Å². The van der Waals surface area contributed by atoms with Crippen molar-refractivity contribution in [3.63, 3.8) is 0 Å². The lowest BCUT2D eigenvalue weighted by Gasteiger charge is -2.32. The molecule has 0 bridgehead atoms. The van der Waals surface area contributed by atoms with E-state index < -0.39 is 11.7 Å². The molecule has 1 saturated carbocycles. The number of aromatic nitrogens is 2. The number of hydrogen-bond acceptors (Lipinski definition) is 4. The van der Waals surface area contributed by atoms with Gasteiger partial charge in [-0.05, 0) is 101 Å². The molecule has 1 aliphatic heterocycles. The van der Waals surface area contributed by atoms with Crippen LogP contribution in [0.25, 0.3) is 22.2 Å². The third-order valence-electron chi connectivity index (χ3n) is 7.80.